The highest BCUT2D eigenvalue weighted by Gasteiger charge is 2.52. The second-order valence-electron chi connectivity index (χ2n) is 8.93. The van der Waals surface area contributed by atoms with Crippen LogP contribution < -0.4 is 20.8 Å². The van der Waals surface area contributed by atoms with Crippen LogP contribution in [0, 0.1) is 5.92 Å². The predicted octanol–water partition coefficient (Wildman–Crippen LogP) is 2.91. The standard InChI is InChI=1S/C25H29N5O6/c1-3-35-18-8-6-17(7-9-18)27-21-19(5-4-14-26-21)22(32)36-15-20(31)29-30-23(33)25(28-24(30)34)12-10-16(2)11-13-25/h4-9,14,16H,3,10-13,15H2,1-2H3,(H,26,27)(H,28,34)(H,29,31). The number of nitrogens with zero attached hydrogens (tertiary/aromatic N) is 2. The first-order chi connectivity index (χ1) is 17.3. The molecular weight excluding hydrogens is 466 g/mol. The van der Waals surface area contributed by atoms with Crippen LogP contribution in [0.5, 0.6) is 5.75 Å². The number of esters is 1. The van der Waals surface area contributed by atoms with Crippen molar-refractivity contribution in [3.05, 3.63) is 48.2 Å². The van der Waals surface area contributed by atoms with Gasteiger partial charge in [0.05, 0.1) is 6.61 Å². The topological polar surface area (TPSA) is 139 Å². The van der Waals surface area contributed by atoms with Gasteiger partial charge in [-0.1, -0.05) is 6.92 Å². The molecule has 36 heavy (non-hydrogen) atoms. The van der Waals surface area contributed by atoms with Crippen molar-refractivity contribution in [3.8, 4) is 5.75 Å². The Bertz CT molecular complexity index is 1140. The van der Waals surface area contributed by atoms with E-state index in [0.29, 0.717) is 41.8 Å². The number of nitrogens with one attached hydrogen (secondary N) is 3. The molecule has 3 N–H and O–H groups in total. The van der Waals surface area contributed by atoms with Crippen LogP contribution >= 0.6 is 0 Å². The van der Waals surface area contributed by atoms with Crippen LogP contribution in [0.2, 0.25) is 0 Å². The second kappa shape index (κ2) is 10.6. The van der Waals surface area contributed by atoms with Gasteiger partial charge < -0.3 is 20.1 Å². The van der Waals surface area contributed by atoms with Gasteiger partial charge in [-0.3, -0.25) is 15.0 Å². The average molecular weight is 496 g/mol. The lowest BCUT2D eigenvalue weighted by Gasteiger charge is -2.33. The lowest BCUT2D eigenvalue weighted by molar-refractivity contribution is -0.141. The summed E-state index contributed by atoms with van der Waals surface area (Å²) in [5.41, 5.74) is 2.06. The second-order valence-corrected chi connectivity index (χ2v) is 8.93. The Morgan fingerprint density at radius 1 is 1.17 bits per heavy atom. The lowest BCUT2D eigenvalue weighted by atomic mass is 9.77. The predicted molar refractivity (Wildman–Crippen MR) is 129 cm³/mol. The van der Waals surface area contributed by atoms with E-state index in [-0.39, 0.29) is 11.4 Å². The quantitative estimate of drug-likeness (QED) is 0.375. The van der Waals surface area contributed by atoms with Gasteiger partial charge in [-0.05, 0) is 74.9 Å². The molecule has 2 fully saturated rings. The van der Waals surface area contributed by atoms with Crippen molar-refractivity contribution >= 4 is 35.3 Å². The largest absolute Gasteiger partial charge is 0.494 e. The van der Waals surface area contributed by atoms with Crippen LogP contribution in [0.25, 0.3) is 0 Å². The number of carbonyl (C=O) groups excluding carboxylic acids is 4. The summed E-state index contributed by atoms with van der Waals surface area (Å²) >= 11 is 0. The van der Waals surface area contributed by atoms with Gasteiger partial charge in [0.25, 0.3) is 11.8 Å². The SMILES string of the molecule is CCOc1ccc(Nc2ncccc2C(=O)OCC(=O)NN2C(=O)NC3(CCC(C)CC3)C2=O)cc1. The molecule has 1 aromatic heterocycles. The first kappa shape index (κ1) is 25.0. The van der Waals surface area contributed by atoms with E-state index in [4.69, 9.17) is 9.47 Å². The van der Waals surface area contributed by atoms with Gasteiger partial charge in [-0.2, -0.15) is 5.01 Å². The van der Waals surface area contributed by atoms with Gasteiger partial charge in [0, 0.05) is 11.9 Å². The highest BCUT2D eigenvalue weighted by molar-refractivity contribution is 6.08. The molecule has 2 aliphatic rings. The summed E-state index contributed by atoms with van der Waals surface area (Å²) in [5, 5.41) is 6.44. The monoisotopic (exact) mass is 495 g/mol. The number of hydrazine groups is 1. The zero-order valence-corrected chi connectivity index (χ0v) is 20.2. The molecule has 190 valence electrons. The number of ether oxygens (including phenoxy) is 2. The molecule has 0 unspecified atom stereocenters. The minimum Gasteiger partial charge on any atom is -0.494 e. The molecule has 11 nitrogen and oxygen atoms in total. The summed E-state index contributed by atoms with van der Waals surface area (Å²) in [4.78, 5) is 54.5. The summed E-state index contributed by atoms with van der Waals surface area (Å²) in [6.07, 6.45) is 4.17. The molecule has 1 saturated heterocycles. The third-order valence-electron chi connectivity index (χ3n) is 6.32. The highest BCUT2D eigenvalue weighted by Crippen LogP contribution is 2.35. The molecule has 1 aliphatic heterocycles. The van der Waals surface area contributed by atoms with Crippen molar-refractivity contribution in [1.82, 2.24) is 20.7 Å². The van der Waals surface area contributed by atoms with Crippen LogP contribution in [-0.4, -0.2) is 52.6 Å². The maximum atomic E-state index is 12.9. The summed E-state index contributed by atoms with van der Waals surface area (Å²) in [6.45, 7) is 3.86. The molecule has 1 saturated carbocycles. The molecule has 11 heteroatoms. The number of amides is 4. The fourth-order valence-corrected chi connectivity index (χ4v) is 4.29. The van der Waals surface area contributed by atoms with Gasteiger partial charge in [0.2, 0.25) is 0 Å². The maximum absolute atomic E-state index is 12.9. The maximum Gasteiger partial charge on any atom is 0.344 e. The molecule has 0 bridgehead atoms. The Morgan fingerprint density at radius 2 is 1.89 bits per heavy atom. The molecule has 4 amide bonds. The van der Waals surface area contributed by atoms with E-state index in [0.717, 1.165) is 12.8 Å². The van der Waals surface area contributed by atoms with Crippen LogP contribution in [0.15, 0.2) is 42.6 Å². The number of hydrogen-bond acceptors (Lipinski definition) is 8. The van der Waals surface area contributed by atoms with E-state index in [1.54, 1.807) is 30.3 Å². The van der Waals surface area contributed by atoms with E-state index in [1.807, 2.05) is 6.92 Å². The molecule has 4 rings (SSSR count). The third kappa shape index (κ3) is 5.40. The van der Waals surface area contributed by atoms with Crippen LogP contribution in [0.4, 0.5) is 16.3 Å². The number of carbonyl (C=O) groups is 4. The Hall–Kier alpha value is -4.15. The van der Waals surface area contributed by atoms with Gasteiger partial charge in [0.1, 0.15) is 22.7 Å². The van der Waals surface area contributed by atoms with Crippen LogP contribution in [0.3, 0.4) is 0 Å². The van der Waals surface area contributed by atoms with Crippen molar-refractivity contribution in [3.63, 3.8) is 0 Å². The fraction of sp³-hybridized carbons (Fsp3) is 0.400. The van der Waals surface area contributed by atoms with E-state index in [1.165, 1.54) is 12.3 Å². The van der Waals surface area contributed by atoms with E-state index in [9.17, 15) is 19.2 Å². The minimum atomic E-state index is -0.981. The number of anilines is 2. The zero-order valence-electron chi connectivity index (χ0n) is 20.2. The van der Waals surface area contributed by atoms with Crippen molar-refractivity contribution < 1.29 is 28.7 Å². The molecule has 1 aromatic carbocycles. The van der Waals surface area contributed by atoms with Gasteiger partial charge in [-0.25, -0.2) is 14.6 Å². The first-order valence-electron chi connectivity index (χ1n) is 11.9. The molecule has 0 radical (unpaired) electrons. The molecule has 1 spiro atoms. The normalized spacial score (nSPS) is 21.2. The Balaban J connectivity index is 1.34. The molecule has 2 heterocycles. The Kier molecular flexibility index (Phi) is 7.37. The smallest absolute Gasteiger partial charge is 0.344 e. The third-order valence-corrected chi connectivity index (χ3v) is 6.32. The molecular formula is C25H29N5O6. The van der Waals surface area contributed by atoms with Crippen molar-refractivity contribution in [2.24, 2.45) is 5.92 Å². The van der Waals surface area contributed by atoms with Crippen molar-refractivity contribution in [2.45, 2.75) is 45.1 Å². The first-order valence-corrected chi connectivity index (χ1v) is 11.9. The zero-order chi connectivity index (χ0) is 25.7. The summed E-state index contributed by atoms with van der Waals surface area (Å²) in [7, 11) is 0. The molecule has 1 aliphatic carbocycles. The van der Waals surface area contributed by atoms with E-state index < -0.39 is 36.0 Å². The Labute approximate surface area is 208 Å². The fourth-order valence-electron chi connectivity index (χ4n) is 4.29. The van der Waals surface area contributed by atoms with E-state index in [2.05, 4.69) is 28.0 Å². The number of rotatable bonds is 8. The molecule has 2 aromatic rings. The Morgan fingerprint density at radius 3 is 2.58 bits per heavy atom. The number of imide groups is 1. The van der Waals surface area contributed by atoms with Crippen molar-refractivity contribution in [1.29, 1.82) is 0 Å². The summed E-state index contributed by atoms with van der Waals surface area (Å²) in [6, 6.07) is 9.51. The van der Waals surface area contributed by atoms with Gasteiger partial charge >= 0.3 is 12.0 Å². The number of pyridine rings is 1. The number of urea groups is 1. The average Bonchev–Trinajstić information content (AvgIpc) is 3.10. The van der Waals surface area contributed by atoms with E-state index >= 15 is 0 Å². The summed E-state index contributed by atoms with van der Waals surface area (Å²) in [5.74, 6) is -0.657. The van der Waals surface area contributed by atoms with Gasteiger partial charge in [-0.15, -0.1) is 0 Å². The number of hydrogen-bond donors (Lipinski definition) is 3. The minimum absolute atomic E-state index is 0.115. The summed E-state index contributed by atoms with van der Waals surface area (Å²) < 4.78 is 10.6. The van der Waals surface area contributed by atoms with Crippen LogP contribution in [0.1, 0.15) is 49.9 Å². The number of aromatic nitrogens is 1. The highest BCUT2D eigenvalue weighted by atomic mass is 16.5. The van der Waals surface area contributed by atoms with Crippen LogP contribution in [-0.2, 0) is 14.3 Å². The van der Waals surface area contributed by atoms with Crippen molar-refractivity contribution in [2.75, 3.05) is 18.5 Å². The number of benzene rings is 1. The van der Waals surface area contributed by atoms with Gasteiger partial charge in [0.15, 0.2) is 6.61 Å². The lowest BCUT2D eigenvalue weighted by Crippen LogP contribution is -2.52. The molecule has 0 atom stereocenters.